The fourth-order valence-electron chi connectivity index (χ4n) is 2.37. The zero-order chi connectivity index (χ0) is 14.3. The summed E-state index contributed by atoms with van der Waals surface area (Å²) >= 11 is 4.80. The van der Waals surface area contributed by atoms with Crippen molar-refractivity contribution < 1.29 is 14.7 Å². The van der Waals surface area contributed by atoms with Crippen LogP contribution in [0.3, 0.4) is 0 Å². The third-order valence-corrected chi connectivity index (χ3v) is 5.48. The number of nitrogens with zero attached hydrogens (tertiary/aromatic N) is 2. The Balaban J connectivity index is 1.88. The number of carboxylic acid groups (broad SMARTS) is 1. The molecule has 1 amide bonds. The third kappa shape index (κ3) is 2.56. The van der Waals surface area contributed by atoms with Crippen molar-refractivity contribution in [3.05, 3.63) is 28.5 Å². The Labute approximate surface area is 128 Å². The Kier molecular flexibility index (Phi) is 3.72. The van der Waals surface area contributed by atoms with Gasteiger partial charge in [-0.15, -0.1) is 11.8 Å². The summed E-state index contributed by atoms with van der Waals surface area (Å²) in [6.45, 7) is 0. The predicted octanol–water partition coefficient (Wildman–Crippen LogP) is 2.22. The van der Waals surface area contributed by atoms with E-state index in [0.29, 0.717) is 21.8 Å². The molecule has 3 rings (SSSR count). The van der Waals surface area contributed by atoms with Crippen molar-refractivity contribution in [1.29, 1.82) is 0 Å². The Morgan fingerprint density at radius 2 is 2.15 bits per heavy atom. The molecule has 2 atom stereocenters. The third-order valence-electron chi connectivity index (χ3n) is 3.55. The molecule has 2 fully saturated rings. The lowest BCUT2D eigenvalue weighted by Gasteiger charge is -2.27. The maximum Gasteiger partial charge on any atom is 0.327 e. The molecule has 106 valence electrons. The fourth-order valence-corrected chi connectivity index (χ4v) is 4.24. The van der Waals surface area contributed by atoms with E-state index in [1.165, 1.54) is 11.1 Å². The minimum Gasteiger partial charge on any atom is -0.480 e. The SMILES string of the molecule is O=C(O)C1CSC(C2CC2)N1C(=O)c1ccc(Br)nc1. The zero-order valence-corrected chi connectivity index (χ0v) is 12.9. The van der Waals surface area contributed by atoms with E-state index in [2.05, 4.69) is 20.9 Å². The summed E-state index contributed by atoms with van der Waals surface area (Å²) in [5, 5.41) is 9.31. The summed E-state index contributed by atoms with van der Waals surface area (Å²) in [4.78, 5) is 29.5. The zero-order valence-electron chi connectivity index (χ0n) is 10.5. The van der Waals surface area contributed by atoms with Gasteiger partial charge >= 0.3 is 5.97 Å². The molecule has 7 heteroatoms. The minimum atomic E-state index is -0.931. The number of thioether (sulfide) groups is 1. The van der Waals surface area contributed by atoms with Crippen LogP contribution >= 0.6 is 27.7 Å². The van der Waals surface area contributed by atoms with Crippen LogP contribution in [0.4, 0.5) is 0 Å². The number of pyridine rings is 1. The summed E-state index contributed by atoms with van der Waals surface area (Å²) in [5.41, 5.74) is 0.438. The second-order valence-corrected chi connectivity index (χ2v) is 6.96. The van der Waals surface area contributed by atoms with Gasteiger partial charge in [0.1, 0.15) is 10.6 Å². The number of amides is 1. The molecule has 1 N–H and O–H groups in total. The quantitative estimate of drug-likeness (QED) is 0.840. The van der Waals surface area contributed by atoms with E-state index in [1.807, 2.05) is 0 Å². The highest BCUT2D eigenvalue weighted by Crippen LogP contribution is 2.45. The lowest BCUT2D eigenvalue weighted by atomic mass is 10.2. The second kappa shape index (κ2) is 5.37. The van der Waals surface area contributed by atoms with Crippen molar-refractivity contribution in [3.8, 4) is 0 Å². The number of halogens is 1. The van der Waals surface area contributed by atoms with Crippen molar-refractivity contribution in [2.75, 3.05) is 5.75 Å². The van der Waals surface area contributed by atoms with Gasteiger partial charge in [0.05, 0.1) is 10.9 Å². The molecule has 2 aliphatic rings. The van der Waals surface area contributed by atoms with Crippen molar-refractivity contribution in [1.82, 2.24) is 9.88 Å². The number of carboxylic acids is 1. The molecular formula is C13H13BrN2O3S. The van der Waals surface area contributed by atoms with Crippen molar-refractivity contribution in [2.24, 2.45) is 5.92 Å². The first-order valence-electron chi connectivity index (χ1n) is 6.36. The van der Waals surface area contributed by atoms with E-state index in [1.54, 1.807) is 23.9 Å². The number of rotatable bonds is 3. The highest BCUT2D eigenvalue weighted by Gasteiger charge is 2.48. The minimum absolute atomic E-state index is 0.00718. The number of aromatic nitrogens is 1. The van der Waals surface area contributed by atoms with Crippen LogP contribution in [0.25, 0.3) is 0 Å². The molecule has 0 bridgehead atoms. The van der Waals surface area contributed by atoms with E-state index in [9.17, 15) is 14.7 Å². The molecule has 0 aromatic carbocycles. The lowest BCUT2D eigenvalue weighted by Crippen LogP contribution is -2.46. The Morgan fingerprint density at radius 1 is 1.40 bits per heavy atom. The van der Waals surface area contributed by atoms with Crippen LogP contribution in [0.15, 0.2) is 22.9 Å². The van der Waals surface area contributed by atoms with Crippen LogP contribution in [-0.4, -0.2) is 44.0 Å². The fraction of sp³-hybridized carbons (Fsp3) is 0.462. The summed E-state index contributed by atoms with van der Waals surface area (Å²) in [6.07, 6.45) is 3.64. The topological polar surface area (TPSA) is 70.5 Å². The average Bonchev–Trinajstić information content (AvgIpc) is 3.17. The van der Waals surface area contributed by atoms with E-state index < -0.39 is 12.0 Å². The molecule has 1 aromatic rings. The van der Waals surface area contributed by atoms with E-state index in [-0.39, 0.29) is 11.3 Å². The van der Waals surface area contributed by atoms with Crippen LogP contribution in [0.5, 0.6) is 0 Å². The molecular weight excluding hydrogens is 344 g/mol. The van der Waals surface area contributed by atoms with Gasteiger partial charge in [0.15, 0.2) is 0 Å². The second-order valence-electron chi connectivity index (χ2n) is 5.00. The van der Waals surface area contributed by atoms with Crippen LogP contribution in [0.1, 0.15) is 23.2 Å². The first-order valence-corrected chi connectivity index (χ1v) is 8.20. The Hall–Kier alpha value is -1.08. The van der Waals surface area contributed by atoms with E-state index >= 15 is 0 Å². The van der Waals surface area contributed by atoms with Crippen molar-refractivity contribution in [3.63, 3.8) is 0 Å². The normalized spacial score (nSPS) is 25.8. The Morgan fingerprint density at radius 3 is 2.70 bits per heavy atom. The number of carbonyl (C=O) groups excluding carboxylic acids is 1. The first-order chi connectivity index (χ1) is 9.58. The number of carbonyl (C=O) groups is 2. The molecule has 1 aliphatic heterocycles. The van der Waals surface area contributed by atoms with Gasteiger partial charge in [-0.2, -0.15) is 0 Å². The maximum absolute atomic E-state index is 12.6. The van der Waals surface area contributed by atoms with Crippen molar-refractivity contribution in [2.45, 2.75) is 24.3 Å². The van der Waals surface area contributed by atoms with E-state index in [0.717, 1.165) is 12.8 Å². The van der Waals surface area contributed by atoms with Crippen LogP contribution in [0, 0.1) is 5.92 Å². The van der Waals surface area contributed by atoms with Gasteiger partial charge in [0.25, 0.3) is 5.91 Å². The largest absolute Gasteiger partial charge is 0.480 e. The first kappa shape index (κ1) is 13.9. The molecule has 1 aromatic heterocycles. The molecule has 1 aliphatic carbocycles. The van der Waals surface area contributed by atoms with Crippen LogP contribution in [0.2, 0.25) is 0 Å². The monoisotopic (exact) mass is 356 g/mol. The molecule has 2 unspecified atom stereocenters. The van der Waals surface area contributed by atoms with Crippen LogP contribution in [-0.2, 0) is 4.79 Å². The van der Waals surface area contributed by atoms with Gasteiger partial charge in [-0.05, 0) is 46.8 Å². The summed E-state index contributed by atoms with van der Waals surface area (Å²) in [7, 11) is 0. The van der Waals surface area contributed by atoms with E-state index in [4.69, 9.17) is 0 Å². The smallest absolute Gasteiger partial charge is 0.327 e. The number of hydrogen-bond donors (Lipinski definition) is 1. The van der Waals surface area contributed by atoms with Gasteiger partial charge in [-0.1, -0.05) is 0 Å². The van der Waals surface area contributed by atoms with Crippen molar-refractivity contribution >= 4 is 39.6 Å². The summed E-state index contributed by atoms with van der Waals surface area (Å²) in [6, 6.07) is 2.63. The maximum atomic E-state index is 12.6. The van der Waals surface area contributed by atoms with Gasteiger partial charge in [0.2, 0.25) is 0 Å². The molecule has 5 nitrogen and oxygen atoms in total. The molecule has 1 saturated carbocycles. The number of hydrogen-bond acceptors (Lipinski definition) is 4. The van der Waals surface area contributed by atoms with Crippen LogP contribution < -0.4 is 0 Å². The predicted molar refractivity (Wildman–Crippen MR) is 78.5 cm³/mol. The highest BCUT2D eigenvalue weighted by molar-refractivity contribution is 9.10. The summed E-state index contributed by atoms with van der Waals surface area (Å²) in [5.74, 6) is -0.262. The standard InChI is InChI=1S/C13H13BrN2O3S/c14-10-4-3-8(5-15-10)11(17)16-9(13(18)19)6-20-12(16)7-1-2-7/h3-5,7,9,12H,1-2,6H2,(H,18,19). The molecule has 2 heterocycles. The highest BCUT2D eigenvalue weighted by atomic mass is 79.9. The lowest BCUT2D eigenvalue weighted by molar-refractivity contribution is -0.141. The summed E-state index contributed by atoms with van der Waals surface area (Å²) < 4.78 is 0.651. The molecule has 0 radical (unpaired) electrons. The average molecular weight is 357 g/mol. The molecule has 1 saturated heterocycles. The van der Waals surface area contributed by atoms with Gasteiger partial charge in [0, 0.05) is 11.9 Å². The molecule has 20 heavy (non-hydrogen) atoms. The van der Waals surface area contributed by atoms with Gasteiger partial charge < -0.3 is 10.0 Å². The Bertz CT molecular complexity index is 547. The molecule has 0 spiro atoms. The van der Waals surface area contributed by atoms with Gasteiger partial charge in [-0.3, -0.25) is 4.79 Å². The number of aliphatic carboxylic acids is 1. The van der Waals surface area contributed by atoms with Gasteiger partial charge in [-0.25, -0.2) is 9.78 Å².